The van der Waals surface area contributed by atoms with Crippen LogP contribution in [0, 0.1) is 11.8 Å². The normalized spacial score (nSPS) is 33.1. The Morgan fingerprint density at radius 3 is 2.87 bits per heavy atom. The van der Waals surface area contributed by atoms with Crippen molar-refractivity contribution in [2.24, 2.45) is 11.8 Å². The number of carbonyl (C=O) groups excluding carboxylic acids is 1. The molecule has 1 saturated carbocycles. The third-order valence-electron chi connectivity index (χ3n) is 5.65. The lowest BCUT2D eigenvalue weighted by Gasteiger charge is -2.43. The number of anilines is 1. The summed E-state index contributed by atoms with van der Waals surface area (Å²) >= 11 is 3.40. The molecule has 3 fully saturated rings. The molecule has 0 aromatic heterocycles. The minimum absolute atomic E-state index is 0.0866. The Labute approximate surface area is 145 Å². The Balaban J connectivity index is 1.38. The number of halogens is 1. The molecule has 4 atom stereocenters. The molecule has 0 radical (unpaired) electrons. The van der Waals surface area contributed by atoms with Crippen molar-refractivity contribution in [1.29, 1.82) is 0 Å². The van der Waals surface area contributed by atoms with E-state index in [1.165, 1.54) is 38.8 Å². The van der Waals surface area contributed by atoms with E-state index in [1.54, 1.807) is 0 Å². The van der Waals surface area contributed by atoms with Gasteiger partial charge >= 0.3 is 6.09 Å². The molecular formula is C18H23BrN2O2. The van der Waals surface area contributed by atoms with E-state index in [2.05, 4.69) is 26.1 Å². The maximum absolute atomic E-state index is 12.2. The van der Waals surface area contributed by atoms with E-state index in [9.17, 15) is 4.79 Å². The van der Waals surface area contributed by atoms with Crippen LogP contribution in [0.2, 0.25) is 0 Å². The monoisotopic (exact) mass is 378 g/mol. The summed E-state index contributed by atoms with van der Waals surface area (Å²) in [6.45, 7) is 2.44. The molecule has 5 heteroatoms. The molecule has 2 heterocycles. The molecule has 2 bridgehead atoms. The van der Waals surface area contributed by atoms with Crippen LogP contribution in [0.5, 0.6) is 0 Å². The van der Waals surface area contributed by atoms with Crippen LogP contribution in [0.25, 0.3) is 0 Å². The summed E-state index contributed by atoms with van der Waals surface area (Å²) in [5.41, 5.74) is 0.776. The van der Waals surface area contributed by atoms with Gasteiger partial charge in [-0.1, -0.05) is 22.4 Å². The molecule has 124 valence electrons. The molecule has 2 aliphatic heterocycles. The van der Waals surface area contributed by atoms with E-state index < -0.39 is 0 Å². The molecule has 1 aliphatic carbocycles. The quantitative estimate of drug-likeness (QED) is 0.835. The summed E-state index contributed by atoms with van der Waals surface area (Å²) in [6.07, 6.45) is 5.95. The topological polar surface area (TPSA) is 41.6 Å². The number of carbonyl (C=O) groups is 1. The fourth-order valence-electron chi connectivity index (χ4n) is 4.70. The molecule has 1 aromatic carbocycles. The van der Waals surface area contributed by atoms with Gasteiger partial charge < -0.3 is 4.74 Å². The molecule has 3 aliphatic rings. The number of nitrogens with zero attached hydrogens (tertiary/aromatic N) is 1. The minimum atomic E-state index is -0.313. The van der Waals surface area contributed by atoms with Crippen LogP contribution in [-0.2, 0) is 4.74 Å². The highest BCUT2D eigenvalue weighted by Gasteiger charge is 2.48. The molecule has 2 saturated heterocycles. The molecule has 1 amide bonds. The smallest absolute Gasteiger partial charge is 0.411 e. The maximum Gasteiger partial charge on any atom is 0.411 e. The predicted molar refractivity (Wildman–Crippen MR) is 93.5 cm³/mol. The van der Waals surface area contributed by atoms with Gasteiger partial charge in [0.1, 0.15) is 6.10 Å². The van der Waals surface area contributed by atoms with E-state index in [-0.39, 0.29) is 12.2 Å². The fourth-order valence-corrected chi connectivity index (χ4v) is 4.97. The van der Waals surface area contributed by atoms with E-state index in [0.717, 1.165) is 16.6 Å². The summed E-state index contributed by atoms with van der Waals surface area (Å²) in [7, 11) is 0. The number of piperidine rings is 2. The largest absolute Gasteiger partial charge is 0.446 e. The number of amides is 1. The van der Waals surface area contributed by atoms with Crippen LogP contribution >= 0.6 is 15.9 Å². The first kappa shape index (κ1) is 15.5. The lowest BCUT2D eigenvalue weighted by molar-refractivity contribution is 0.0181. The summed E-state index contributed by atoms with van der Waals surface area (Å²) < 4.78 is 6.82. The molecule has 1 aromatic rings. The second-order valence-electron chi connectivity index (χ2n) is 7.14. The number of rotatable bonds is 2. The van der Waals surface area contributed by atoms with Crippen molar-refractivity contribution in [3.63, 3.8) is 0 Å². The Bertz CT molecular complexity index is 577. The highest BCUT2D eigenvalue weighted by Crippen LogP contribution is 2.45. The zero-order valence-electron chi connectivity index (χ0n) is 13.2. The molecule has 3 unspecified atom stereocenters. The highest BCUT2D eigenvalue weighted by molar-refractivity contribution is 9.10. The van der Waals surface area contributed by atoms with Crippen molar-refractivity contribution in [1.82, 2.24) is 4.90 Å². The number of hydrogen-bond acceptors (Lipinski definition) is 3. The zero-order valence-corrected chi connectivity index (χ0v) is 14.8. The number of benzene rings is 1. The van der Waals surface area contributed by atoms with Gasteiger partial charge in [-0.25, -0.2) is 4.79 Å². The Hall–Kier alpha value is -1.07. The third-order valence-corrected chi connectivity index (χ3v) is 6.18. The first-order chi connectivity index (χ1) is 11.2. The van der Waals surface area contributed by atoms with Gasteiger partial charge in [-0.3, -0.25) is 10.2 Å². The zero-order chi connectivity index (χ0) is 15.8. The van der Waals surface area contributed by atoms with Crippen molar-refractivity contribution in [3.05, 3.63) is 28.7 Å². The van der Waals surface area contributed by atoms with Gasteiger partial charge in [-0.05, 0) is 62.4 Å². The lowest BCUT2D eigenvalue weighted by Crippen LogP contribution is -2.49. The van der Waals surface area contributed by atoms with Crippen LogP contribution in [-0.4, -0.2) is 36.2 Å². The van der Waals surface area contributed by atoms with E-state index >= 15 is 0 Å². The van der Waals surface area contributed by atoms with Crippen molar-refractivity contribution >= 4 is 27.7 Å². The van der Waals surface area contributed by atoms with Gasteiger partial charge in [-0.15, -0.1) is 0 Å². The number of ether oxygens (including phenoxy) is 1. The SMILES string of the molecule is O=C(Nc1ccc(Br)cc1)OC1CC2CC1[C@H]1CCCCN1C2. The second-order valence-corrected chi connectivity index (χ2v) is 8.05. The van der Waals surface area contributed by atoms with Crippen LogP contribution in [0.15, 0.2) is 28.7 Å². The van der Waals surface area contributed by atoms with Crippen molar-refractivity contribution in [2.75, 3.05) is 18.4 Å². The summed E-state index contributed by atoms with van der Waals surface area (Å²) in [5, 5.41) is 2.85. The van der Waals surface area contributed by atoms with Crippen LogP contribution in [0.1, 0.15) is 32.1 Å². The molecule has 4 nitrogen and oxygen atoms in total. The van der Waals surface area contributed by atoms with Crippen LogP contribution in [0.4, 0.5) is 10.5 Å². The Morgan fingerprint density at radius 2 is 2.04 bits per heavy atom. The maximum atomic E-state index is 12.2. The molecule has 1 N–H and O–H groups in total. The van der Waals surface area contributed by atoms with Crippen LogP contribution < -0.4 is 5.32 Å². The average Bonchev–Trinajstić information content (AvgIpc) is 2.86. The number of nitrogens with one attached hydrogen (secondary N) is 1. The van der Waals surface area contributed by atoms with Gasteiger partial charge in [0, 0.05) is 28.7 Å². The van der Waals surface area contributed by atoms with Gasteiger partial charge in [-0.2, -0.15) is 0 Å². The molecular weight excluding hydrogens is 356 g/mol. The van der Waals surface area contributed by atoms with E-state index in [0.29, 0.717) is 17.9 Å². The summed E-state index contributed by atoms with van der Waals surface area (Å²) in [6, 6.07) is 8.21. The highest BCUT2D eigenvalue weighted by atomic mass is 79.9. The summed E-state index contributed by atoms with van der Waals surface area (Å²) in [5.74, 6) is 1.24. The van der Waals surface area contributed by atoms with Gasteiger partial charge in [0.05, 0.1) is 0 Å². The van der Waals surface area contributed by atoms with Gasteiger partial charge in [0.25, 0.3) is 0 Å². The van der Waals surface area contributed by atoms with Crippen molar-refractivity contribution in [2.45, 2.75) is 44.2 Å². The average molecular weight is 379 g/mol. The first-order valence-corrected chi connectivity index (χ1v) is 9.45. The molecule has 4 rings (SSSR count). The van der Waals surface area contributed by atoms with E-state index in [1.807, 2.05) is 24.3 Å². The first-order valence-electron chi connectivity index (χ1n) is 8.66. The standard InChI is InChI=1S/C18H23BrN2O2/c19-13-4-6-14(7-5-13)20-18(22)23-17-10-12-9-15(17)16-3-1-2-8-21(16)11-12/h4-7,12,15-17H,1-3,8-11H2,(H,20,22)/t12?,15?,16-,17?/m1/s1. The third kappa shape index (κ3) is 3.26. The van der Waals surface area contributed by atoms with Crippen LogP contribution in [0.3, 0.4) is 0 Å². The van der Waals surface area contributed by atoms with Crippen molar-refractivity contribution < 1.29 is 9.53 Å². The van der Waals surface area contributed by atoms with E-state index in [4.69, 9.17) is 4.74 Å². The van der Waals surface area contributed by atoms with Gasteiger partial charge in [0.15, 0.2) is 0 Å². The minimum Gasteiger partial charge on any atom is -0.446 e. The number of fused-ring (bicyclic) bond motifs is 4. The van der Waals surface area contributed by atoms with Gasteiger partial charge in [0.2, 0.25) is 0 Å². The fraction of sp³-hybridized carbons (Fsp3) is 0.611. The number of hydrogen-bond donors (Lipinski definition) is 1. The Morgan fingerprint density at radius 1 is 1.22 bits per heavy atom. The summed E-state index contributed by atoms with van der Waals surface area (Å²) in [4.78, 5) is 14.9. The predicted octanol–water partition coefficient (Wildman–Crippen LogP) is 4.26. The second kappa shape index (κ2) is 6.44. The molecule has 23 heavy (non-hydrogen) atoms. The Kier molecular flexibility index (Phi) is 4.33. The van der Waals surface area contributed by atoms with Crippen molar-refractivity contribution in [3.8, 4) is 0 Å². The molecule has 0 spiro atoms. The lowest BCUT2D eigenvalue weighted by atomic mass is 9.84.